The van der Waals surface area contributed by atoms with Gasteiger partial charge in [-0.3, -0.25) is 4.79 Å². The number of benzene rings is 1. The van der Waals surface area contributed by atoms with Crippen molar-refractivity contribution in [3.8, 4) is 5.69 Å². The molecule has 0 bridgehead atoms. The summed E-state index contributed by atoms with van der Waals surface area (Å²) in [7, 11) is 0. The van der Waals surface area contributed by atoms with Crippen LogP contribution in [-0.4, -0.2) is 44.4 Å². The standard InChI is InChI=1S/C22H29N3O2/c1-16(2)19-14-20(25(23-19)18-9-4-3-5-10-18)21(26)24-13-12-22(27)11-7-6-8-17(22)15-24/h3-5,9-10,14,16-17,27H,6-8,11-13,15H2,1-2H3. The number of piperidine rings is 1. The van der Waals surface area contributed by atoms with Crippen molar-refractivity contribution in [1.29, 1.82) is 0 Å². The number of fused-ring (bicyclic) bond motifs is 1. The minimum absolute atomic E-state index is 0.0193. The van der Waals surface area contributed by atoms with Crippen molar-refractivity contribution in [2.24, 2.45) is 5.92 Å². The van der Waals surface area contributed by atoms with Gasteiger partial charge in [-0.05, 0) is 43.4 Å². The van der Waals surface area contributed by atoms with E-state index in [0.717, 1.165) is 37.1 Å². The fraction of sp³-hybridized carbons (Fsp3) is 0.545. The lowest BCUT2D eigenvalue weighted by Crippen LogP contribution is -2.54. The Balaban J connectivity index is 1.64. The van der Waals surface area contributed by atoms with Crippen molar-refractivity contribution in [3.63, 3.8) is 0 Å². The van der Waals surface area contributed by atoms with Crippen molar-refractivity contribution in [1.82, 2.24) is 14.7 Å². The van der Waals surface area contributed by atoms with E-state index in [1.807, 2.05) is 41.3 Å². The number of aliphatic hydroxyl groups is 1. The maximum Gasteiger partial charge on any atom is 0.272 e. The van der Waals surface area contributed by atoms with Crippen LogP contribution in [-0.2, 0) is 0 Å². The smallest absolute Gasteiger partial charge is 0.272 e. The number of likely N-dealkylation sites (tertiary alicyclic amines) is 1. The molecule has 5 nitrogen and oxygen atoms in total. The Hall–Kier alpha value is -2.14. The molecule has 4 rings (SSSR count). The number of carbonyl (C=O) groups excluding carboxylic acids is 1. The molecule has 2 aliphatic rings. The monoisotopic (exact) mass is 367 g/mol. The van der Waals surface area contributed by atoms with Crippen LogP contribution in [0.25, 0.3) is 5.69 Å². The summed E-state index contributed by atoms with van der Waals surface area (Å²) in [6.45, 7) is 5.44. The number of para-hydroxylation sites is 1. The fourth-order valence-corrected chi connectivity index (χ4v) is 4.52. The van der Waals surface area contributed by atoms with Gasteiger partial charge >= 0.3 is 0 Å². The number of nitrogens with zero attached hydrogens (tertiary/aromatic N) is 3. The number of hydrogen-bond donors (Lipinski definition) is 1. The van der Waals surface area contributed by atoms with E-state index in [9.17, 15) is 9.90 Å². The third-order valence-corrected chi connectivity index (χ3v) is 6.25. The van der Waals surface area contributed by atoms with Crippen LogP contribution in [0.15, 0.2) is 36.4 Å². The average Bonchev–Trinajstić information content (AvgIpc) is 3.13. The molecule has 1 saturated heterocycles. The third kappa shape index (κ3) is 3.41. The van der Waals surface area contributed by atoms with E-state index >= 15 is 0 Å². The van der Waals surface area contributed by atoms with E-state index in [2.05, 4.69) is 13.8 Å². The van der Waals surface area contributed by atoms with Gasteiger partial charge < -0.3 is 10.0 Å². The molecule has 144 valence electrons. The molecule has 1 amide bonds. The van der Waals surface area contributed by atoms with Crippen LogP contribution in [0, 0.1) is 5.92 Å². The molecule has 1 aliphatic carbocycles. The van der Waals surface area contributed by atoms with Gasteiger partial charge in [-0.25, -0.2) is 4.68 Å². The maximum atomic E-state index is 13.4. The molecular weight excluding hydrogens is 338 g/mol. The van der Waals surface area contributed by atoms with E-state index in [1.54, 1.807) is 4.68 Å². The summed E-state index contributed by atoms with van der Waals surface area (Å²) in [6, 6.07) is 11.8. The Morgan fingerprint density at radius 3 is 2.74 bits per heavy atom. The van der Waals surface area contributed by atoms with Gasteiger partial charge in [0, 0.05) is 19.0 Å². The van der Waals surface area contributed by atoms with E-state index in [-0.39, 0.29) is 17.7 Å². The van der Waals surface area contributed by atoms with Crippen molar-refractivity contribution in [2.45, 2.75) is 57.5 Å². The molecule has 1 aromatic carbocycles. The first-order chi connectivity index (χ1) is 13.0. The molecule has 2 aromatic rings. The summed E-state index contributed by atoms with van der Waals surface area (Å²) in [5.74, 6) is 0.471. The van der Waals surface area contributed by atoms with Gasteiger partial charge in [0.05, 0.1) is 17.0 Å². The van der Waals surface area contributed by atoms with Crippen LogP contribution in [0.2, 0.25) is 0 Å². The highest BCUT2D eigenvalue weighted by atomic mass is 16.3. The van der Waals surface area contributed by atoms with Crippen molar-refractivity contribution in [2.75, 3.05) is 13.1 Å². The highest BCUT2D eigenvalue weighted by Crippen LogP contribution is 2.40. The summed E-state index contributed by atoms with van der Waals surface area (Å²) in [5, 5.41) is 15.6. The van der Waals surface area contributed by atoms with Gasteiger partial charge in [-0.1, -0.05) is 44.9 Å². The lowest BCUT2D eigenvalue weighted by Gasteiger charge is -2.47. The molecule has 1 aliphatic heterocycles. The summed E-state index contributed by atoms with van der Waals surface area (Å²) in [5.41, 5.74) is 1.87. The normalized spacial score (nSPS) is 25.5. The van der Waals surface area contributed by atoms with Crippen LogP contribution >= 0.6 is 0 Å². The number of amides is 1. The number of rotatable bonds is 3. The number of hydrogen-bond acceptors (Lipinski definition) is 3. The Morgan fingerprint density at radius 2 is 2.00 bits per heavy atom. The van der Waals surface area contributed by atoms with Crippen LogP contribution in [0.3, 0.4) is 0 Å². The predicted molar refractivity (Wildman–Crippen MR) is 105 cm³/mol. The van der Waals surface area contributed by atoms with Crippen LogP contribution < -0.4 is 0 Å². The number of aromatic nitrogens is 2. The molecule has 5 heteroatoms. The minimum atomic E-state index is -0.572. The molecule has 1 N–H and O–H groups in total. The zero-order valence-corrected chi connectivity index (χ0v) is 16.3. The zero-order chi connectivity index (χ0) is 19.0. The molecule has 1 aromatic heterocycles. The molecule has 1 saturated carbocycles. The van der Waals surface area contributed by atoms with Gasteiger partial charge in [0.15, 0.2) is 0 Å². The first-order valence-corrected chi connectivity index (χ1v) is 10.1. The highest BCUT2D eigenvalue weighted by Gasteiger charge is 2.44. The Morgan fingerprint density at radius 1 is 1.22 bits per heavy atom. The third-order valence-electron chi connectivity index (χ3n) is 6.25. The van der Waals surface area contributed by atoms with Gasteiger partial charge in [0.25, 0.3) is 5.91 Å². The van der Waals surface area contributed by atoms with E-state index < -0.39 is 5.60 Å². The van der Waals surface area contributed by atoms with Crippen LogP contribution in [0.4, 0.5) is 0 Å². The molecule has 0 spiro atoms. The molecular formula is C22H29N3O2. The topological polar surface area (TPSA) is 58.4 Å². The number of carbonyl (C=O) groups is 1. The van der Waals surface area contributed by atoms with Crippen LogP contribution in [0.5, 0.6) is 0 Å². The first-order valence-electron chi connectivity index (χ1n) is 10.1. The molecule has 27 heavy (non-hydrogen) atoms. The van der Waals surface area contributed by atoms with Gasteiger partial charge in [0.2, 0.25) is 0 Å². The second-order valence-corrected chi connectivity index (χ2v) is 8.40. The quantitative estimate of drug-likeness (QED) is 0.898. The lowest BCUT2D eigenvalue weighted by molar-refractivity contribution is -0.0887. The van der Waals surface area contributed by atoms with Gasteiger partial charge in [0.1, 0.15) is 5.69 Å². The Kier molecular flexibility index (Phi) is 4.81. The summed E-state index contributed by atoms with van der Waals surface area (Å²) >= 11 is 0. The largest absolute Gasteiger partial charge is 0.389 e. The predicted octanol–water partition coefficient (Wildman–Crippen LogP) is 3.76. The van der Waals surface area contributed by atoms with Gasteiger partial charge in [-0.2, -0.15) is 5.10 Å². The maximum absolute atomic E-state index is 13.4. The second kappa shape index (κ2) is 7.12. The summed E-state index contributed by atoms with van der Waals surface area (Å²) in [4.78, 5) is 15.3. The van der Waals surface area contributed by atoms with E-state index in [4.69, 9.17) is 5.10 Å². The SMILES string of the molecule is CC(C)c1cc(C(=O)N2CCC3(O)CCCCC3C2)n(-c2ccccc2)n1. The second-order valence-electron chi connectivity index (χ2n) is 8.40. The van der Waals surface area contributed by atoms with E-state index in [0.29, 0.717) is 25.2 Å². The lowest BCUT2D eigenvalue weighted by atomic mass is 9.71. The molecule has 2 unspecified atom stereocenters. The molecule has 2 fully saturated rings. The van der Waals surface area contributed by atoms with Gasteiger partial charge in [-0.15, -0.1) is 0 Å². The fourth-order valence-electron chi connectivity index (χ4n) is 4.52. The summed E-state index contributed by atoms with van der Waals surface area (Å²) in [6.07, 6.45) is 4.81. The highest BCUT2D eigenvalue weighted by molar-refractivity contribution is 5.93. The summed E-state index contributed by atoms with van der Waals surface area (Å²) < 4.78 is 1.78. The Labute approximate surface area is 161 Å². The van der Waals surface area contributed by atoms with Crippen molar-refractivity contribution < 1.29 is 9.90 Å². The average molecular weight is 367 g/mol. The minimum Gasteiger partial charge on any atom is -0.389 e. The first kappa shape index (κ1) is 18.2. The molecule has 2 atom stereocenters. The van der Waals surface area contributed by atoms with Crippen molar-refractivity contribution >= 4 is 5.91 Å². The molecule has 0 radical (unpaired) electrons. The molecule has 2 heterocycles. The van der Waals surface area contributed by atoms with E-state index in [1.165, 1.54) is 0 Å². The Bertz CT molecular complexity index is 814. The zero-order valence-electron chi connectivity index (χ0n) is 16.3. The van der Waals surface area contributed by atoms with Crippen molar-refractivity contribution in [3.05, 3.63) is 47.8 Å². The van der Waals surface area contributed by atoms with Crippen LogP contribution in [0.1, 0.15) is 68.1 Å².